The van der Waals surface area contributed by atoms with Crippen LogP contribution in [0.2, 0.25) is 13.1 Å². The second-order valence-electron chi connectivity index (χ2n) is 7.38. The predicted molar refractivity (Wildman–Crippen MR) is 115 cm³/mol. The molecule has 1 heterocycles. The van der Waals surface area contributed by atoms with Gasteiger partial charge in [-0.2, -0.15) is 0 Å². The Hall–Kier alpha value is -2.78. The molecule has 0 saturated heterocycles. The largest absolute Gasteiger partial charge is 0.497 e. The summed E-state index contributed by atoms with van der Waals surface area (Å²) >= 11 is 0. The van der Waals surface area contributed by atoms with Gasteiger partial charge in [-0.05, 0) is 56.9 Å². The van der Waals surface area contributed by atoms with E-state index in [1.54, 1.807) is 14.2 Å². The van der Waals surface area contributed by atoms with Crippen molar-refractivity contribution in [1.29, 1.82) is 0 Å². The molecule has 1 aliphatic rings. The van der Waals surface area contributed by atoms with Crippen LogP contribution in [0.3, 0.4) is 0 Å². The summed E-state index contributed by atoms with van der Waals surface area (Å²) < 4.78 is 10.7. The molecule has 0 atom stereocenters. The molecule has 3 aromatic rings. The lowest BCUT2D eigenvalue weighted by atomic mass is 9.95. The number of hydrogen-bond donors (Lipinski definition) is 0. The first-order valence-electron chi connectivity index (χ1n) is 9.19. The summed E-state index contributed by atoms with van der Waals surface area (Å²) in [6.45, 7) is 4.89. The van der Waals surface area contributed by atoms with Gasteiger partial charge in [-0.15, -0.1) is 0 Å². The highest BCUT2D eigenvalue weighted by molar-refractivity contribution is 7.08. The molecule has 27 heavy (non-hydrogen) atoms. The second-order valence-corrected chi connectivity index (χ2v) is 11.7. The maximum Gasteiger partial charge on any atom is 0.118 e. The van der Waals surface area contributed by atoms with Crippen molar-refractivity contribution in [3.05, 3.63) is 89.5 Å². The van der Waals surface area contributed by atoms with E-state index in [2.05, 4.69) is 73.8 Å². The molecule has 4 rings (SSSR count). The third-order valence-corrected chi connectivity index (χ3v) is 9.07. The van der Waals surface area contributed by atoms with Gasteiger partial charge in [-0.3, -0.25) is 0 Å². The molecule has 0 N–H and O–H groups in total. The quantitative estimate of drug-likeness (QED) is 0.591. The molecule has 0 radical (unpaired) electrons. The molecule has 0 unspecified atom stereocenters. The van der Waals surface area contributed by atoms with Gasteiger partial charge < -0.3 is 9.47 Å². The van der Waals surface area contributed by atoms with Crippen LogP contribution in [0.1, 0.15) is 16.7 Å². The summed E-state index contributed by atoms with van der Waals surface area (Å²) in [6.07, 6.45) is 0. The SMILES string of the molecule is COc1ccc(C2=C(c3ccc(OC)cc3)[Si](C)(C)c3ccccc32)cc1. The first-order chi connectivity index (χ1) is 13.1. The van der Waals surface area contributed by atoms with Crippen molar-refractivity contribution < 1.29 is 9.47 Å². The van der Waals surface area contributed by atoms with E-state index in [1.807, 2.05) is 12.1 Å². The zero-order chi connectivity index (χ0) is 19.0. The summed E-state index contributed by atoms with van der Waals surface area (Å²) in [6, 6.07) is 25.8. The Bertz CT molecular complexity index is 999. The minimum atomic E-state index is -1.82. The average Bonchev–Trinajstić information content (AvgIpc) is 2.95. The van der Waals surface area contributed by atoms with Crippen molar-refractivity contribution in [3.63, 3.8) is 0 Å². The monoisotopic (exact) mass is 372 g/mol. The lowest BCUT2D eigenvalue weighted by Gasteiger charge is -2.23. The highest BCUT2D eigenvalue weighted by Gasteiger charge is 2.40. The van der Waals surface area contributed by atoms with Gasteiger partial charge in [0.25, 0.3) is 0 Å². The zero-order valence-electron chi connectivity index (χ0n) is 16.2. The van der Waals surface area contributed by atoms with E-state index >= 15 is 0 Å². The van der Waals surface area contributed by atoms with E-state index in [-0.39, 0.29) is 0 Å². The van der Waals surface area contributed by atoms with Crippen LogP contribution in [0.25, 0.3) is 10.8 Å². The molecule has 0 saturated carbocycles. The maximum atomic E-state index is 5.36. The molecular weight excluding hydrogens is 348 g/mol. The van der Waals surface area contributed by atoms with Crippen LogP contribution in [0, 0.1) is 0 Å². The van der Waals surface area contributed by atoms with Crippen LogP contribution in [-0.2, 0) is 0 Å². The fourth-order valence-electron chi connectivity index (χ4n) is 4.15. The van der Waals surface area contributed by atoms with Gasteiger partial charge in [0.15, 0.2) is 0 Å². The molecule has 3 aromatic carbocycles. The highest BCUT2D eigenvalue weighted by atomic mass is 28.3. The van der Waals surface area contributed by atoms with Crippen molar-refractivity contribution in [3.8, 4) is 11.5 Å². The van der Waals surface area contributed by atoms with Crippen molar-refractivity contribution in [2.75, 3.05) is 14.2 Å². The molecule has 0 amide bonds. The molecule has 1 aliphatic heterocycles. The predicted octanol–water partition coefficient (Wildman–Crippen LogP) is 5.13. The standard InChI is InChI=1S/C24H24O2Si/c1-25-19-13-9-17(10-14-19)23-21-7-5-6-8-22(21)27(3,4)24(23)18-11-15-20(26-2)16-12-18/h5-16H,1-4H3. The molecule has 0 spiro atoms. The Kier molecular flexibility index (Phi) is 4.40. The van der Waals surface area contributed by atoms with Crippen molar-refractivity contribution in [2.24, 2.45) is 0 Å². The van der Waals surface area contributed by atoms with E-state index in [0.717, 1.165) is 11.5 Å². The van der Waals surface area contributed by atoms with Gasteiger partial charge >= 0.3 is 0 Å². The number of benzene rings is 3. The molecule has 0 fully saturated rings. The fraction of sp³-hybridized carbons (Fsp3) is 0.167. The van der Waals surface area contributed by atoms with Crippen LogP contribution in [0.5, 0.6) is 11.5 Å². The molecule has 0 aromatic heterocycles. The summed E-state index contributed by atoms with van der Waals surface area (Å²) in [4.78, 5) is 0. The number of ether oxygens (including phenoxy) is 2. The number of hydrogen-bond acceptors (Lipinski definition) is 2. The average molecular weight is 373 g/mol. The summed E-state index contributed by atoms with van der Waals surface area (Å²) in [7, 11) is 1.60. The van der Waals surface area contributed by atoms with Gasteiger partial charge in [0.1, 0.15) is 19.6 Å². The van der Waals surface area contributed by atoms with E-state index in [0.29, 0.717) is 0 Å². The first kappa shape index (κ1) is 17.6. The third kappa shape index (κ3) is 2.88. The van der Waals surface area contributed by atoms with Crippen molar-refractivity contribution >= 4 is 24.0 Å². The topological polar surface area (TPSA) is 18.5 Å². The lowest BCUT2D eigenvalue weighted by molar-refractivity contribution is 0.414. The lowest BCUT2D eigenvalue weighted by Crippen LogP contribution is -2.40. The van der Waals surface area contributed by atoms with E-state index in [1.165, 1.54) is 32.6 Å². The third-order valence-electron chi connectivity index (χ3n) is 5.50. The molecule has 0 aliphatic carbocycles. The Balaban J connectivity index is 1.98. The van der Waals surface area contributed by atoms with Gasteiger partial charge in [-0.1, -0.05) is 61.6 Å². The zero-order valence-corrected chi connectivity index (χ0v) is 17.2. The summed E-state index contributed by atoms with van der Waals surface area (Å²) in [5, 5.41) is 2.98. The van der Waals surface area contributed by atoms with Gasteiger partial charge in [0, 0.05) is 0 Å². The normalized spacial score (nSPS) is 14.8. The maximum absolute atomic E-state index is 5.36. The molecule has 2 nitrogen and oxygen atoms in total. The van der Waals surface area contributed by atoms with Crippen LogP contribution < -0.4 is 14.7 Å². The summed E-state index contributed by atoms with van der Waals surface area (Å²) in [5.74, 6) is 1.77. The second kappa shape index (κ2) is 6.75. The Morgan fingerprint density at radius 1 is 0.630 bits per heavy atom. The van der Waals surface area contributed by atoms with E-state index < -0.39 is 8.07 Å². The van der Waals surface area contributed by atoms with Gasteiger partial charge in [-0.25, -0.2) is 0 Å². The highest BCUT2D eigenvalue weighted by Crippen LogP contribution is 2.43. The first-order valence-corrected chi connectivity index (χ1v) is 12.2. The fourth-order valence-corrected chi connectivity index (χ4v) is 7.60. The Morgan fingerprint density at radius 3 is 1.70 bits per heavy atom. The minimum Gasteiger partial charge on any atom is -0.497 e. The van der Waals surface area contributed by atoms with E-state index in [9.17, 15) is 0 Å². The van der Waals surface area contributed by atoms with Crippen LogP contribution >= 0.6 is 0 Å². The van der Waals surface area contributed by atoms with Gasteiger partial charge in [0.2, 0.25) is 0 Å². The van der Waals surface area contributed by atoms with Crippen LogP contribution in [0.15, 0.2) is 72.8 Å². The number of rotatable bonds is 4. The van der Waals surface area contributed by atoms with Crippen molar-refractivity contribution in [1.82, 2.24) is 0 Å². The minimum absolute atomic E-state index is 0.883. The van der Waals surface area contributed by atoms with Crippen LogP contribution in [0.4, 0.5) is 0 Å². The smallest absolute Gasteiger partial charge is 0.118 e. The summed E-state index contributed by atoms with van der Waals surface area (Å²) in [5.41, 5.74) is 5.25. The Labute approximate surface area is 162 Å². The number of fused-ring (bicyclic) bond motifs is 1. The van der Waals surface area contributed by atoms with Crippen LogP contribution in [-0.4, -0.2) is 22.3 Å². The number of methoxy groups -OCH3 is 2. The Morgan fingerprint density at radius 2 is 1.15 bits per heavy atom. The van der Waals surface area contributed by atoms with Gasteiger partial charge in [0.05, 0.1) is 14.2 Å². The van der Waals surface area contributed by atoms with Crippen molar-refractivity contribution in [2.45, 2.75) is 13.1 Å². The molecule has 0 bridgehead atoms. The van der Waals surface area contributed by atoms with E-state index in [4.69, 9.17) is 9.47 Å². The molecular formula is C24H24O2Si. The molecule has 136 valence electrons. The molecule has 3 heteroatoms.